The maximum Gasteiger partial charge on any atom is 0.274 e. The summed E-state index contributed by atoms with van der Waals surface area (Å²) in [5.74, 6) is 0.423. The van der Waals surface area contributed by atoms with Crippen LogP contribution in [0, 0.1) is 10.1 Å². The third-order valence-corrected chi connectivity index (χ3v) is 3.26. The van der Waals surface area contributed by atoms with E-state index in [2.05, 4.69) is 10.1 Å². The van der Waals surface area contributed by atoms with Gasteiger partial charge in [-0.1, -0.05) is 24.6 Å². The topological polar surface area (TPSA) is 74.9 Å². The van der Waals surface area contributed by atoms with E-state index in [1.807, 2.05) is 22.8 Å². The molecule has 0 amide bonds. The van der Waals surface area contributed by atoms with Crippen molar-refractivity contribution < 1.29 is 5.03 Å². The maximum atomic E-state index is 10.7. The molecule has 0 spiro atoms. The fourth-order valence-electron chi connectivity index (χ4n) is 2.19. The highest BCUT2D eigenvalue weighted by atomic mass is 35.5. The highest BCUT2D eigenvalue weighted by Crippen LogP contribution is 2.15. The molecule has 0 bridgehead atoms. The first-order valence-electron chi connectivity index (χ1n) is 6.43. The zero-order chi connectivity index (χ0) is 14.5. The first-order chi connectivity index (χ1) is 9.60. The molecule has 0 atom stereocenters. The summed E-state index contributed by atoms with van der Waals surface area (Å²) in [6, 6.07) is 3.57. The Labute approximate surface area is 122 Å². The molecule has 8 heteroatoms. The molecule has 0 unspecified atom stereocenters. The summed E-state index contributed by atoms with van der Waals surface area (Å²) in [6.07, 6.45) is 2.60. The Balaban J connectivity index is 2.13. The van der Waals surface area contributed by atoms with Crippen LogP contribution in [0.2, 0.25) is 5.15 Å². The summed E-state index contributed by atoms with van der Waals surface area (Å²) in [5.41, 5.74) is 0.948. The summed E-state index contributed by atoms with van der Waals surface area (Å²) < 4.78 is 0. The van der Waals surface area contributed by atoms with E-state index in [0.717, 1.165) is 31.6 Å². The molecule has 2 rings (SSSR count). The number of pyridine rings is 1. The second kappa shape index (κ2) is 6.51. The molecule has 0 radical (unpaired) electrons. The van der Waals surface area contributed by atoms with Crippen LogP contribution in [0.5, 0.6) is 0 Å². The van der Waals surface area contributed by atoms with Gasteiger partial charge in [0.15, 0.2) is 5.03 Å². The van der Waals surface area contributed by atoms with Crippen LogP contribution in [0.1, 0.15) is 18.9 Å². The summed E-state index contributed by atoms with van der Waals surface area (Å²) in [5, 5.41) is 14.0. The molecule has 1 aliphatic rings. The highest BCUT2D eigenvalue weighted by molar-refractivity contribution is 6.29. The second-order valence-corrected chi connectivity index (χ2v) is 4.92. The number of nitrogens with zero attached hydrogens (tertiary/aromatic N) is 5. The van der Waals surface area contributed by atoms with Crippen LogP contribution in [0.4, 0.5) is 0 Å². The number of nitro groups is 1. The standard InChI is InChI=1S/C12H16ClN5O2/c1-2-5-16-6-7-17(12(16)15-18(19)20)9-10-3-4-11(13)14-8-10/h3-4,8H,2,5-7,9H2,1H3/b15-12+. The van der Waals surface area contributed by atoms with Crippen molar-refractivity contribution in [1.29, 1.82) is 0 Å². The Morgan fingerprint density at radius 2 is 2.20 bits per heavy atom. The van der Waals surface area contributed by atoms with Gasteiger partial charge in [0.25, 0.3) is 5.96 Å². The molecule has 1 saturated heterocycles. The van der Waals surface area contributed by atoms with E-state index in [1.54, 1.807) is 12.3 Å². The molecule has 0 aliphatic carbocycles. The fraction of sp³-hybridized carbons (Fsp3) is 0.500. The summed E-state index contributed by atoms with van der Waals surface area (Å²) in [6.45, 7) is 4.81. The summed E-state index contributed by atoms with van der Waals surface area (Å²) in [4.78, 5) is 18.5. The van der Waals surface area contributed by atoms with Crippen LogP contribution in [0.15, 0.2) is 23.4 Å². The monoisotopic (exact) mass is 297 g/mol. The van der Waals surface area contributed by atoms with Crippen molar-refractivity contribution in [2.45, 2.75) is 19.9 Å². The Hall–Kier alpha value is -1.89. The van der Waals surface area contributed by atoms with Gasteiger partial charge in [-0.25, -0.2) is 15.1 Å². The summed E-state index contributed by atoms with van der Waals surface area (Å²) in [7, 11) is 0. The molecule has 1 fully saturated rings. The summed E-state index contributed by atoms with van der Waals surface area (Å²) >= 11 is 5.74. The fourth-order valence-corrected chi connectivity index (χ4v) is 2.30. The van der Waals surface area contributed by atoms with Gasteiger partial charge >= 0.3 is 0 Å². The smallest absolute Gasteiger partial charge is 0.274 e. The van der Waals surface area contributed by atoms with Crippen molar-refractivity contribution >= 4 is 17.6 Å². The molecular weight excluding hydrogens is 282 g/mol. The first kappa shape index (κ1) is 14.5. The van der Waals surface area contributed by atoms with E-state index in [1.165, 1.54) is 0 Å². The molecule has 1 aliphatic heterocycles. The van der Waals surface area contributed by atoms with Gasteiger partial charge in [-0.2, -0.15) is 0 Å². The van der Waals surface area contributed by atoms with Gasteiger partial charge in [-0.15, -0.1) is 0 Å². The number of rotatable bonds is 5. The van der Waals surface area contributed by atoms with Crippen LogP contribution < -0.4 is 0 Å². The minimum absolute atomic E-state index is 0.423. The van der Waals surface area contributed by atoms with Crippen LogP contribution >= 0.6 is 11.6 Å². The maximum absolute atomic E-state index is 10.7. The Morgan fingerprint density at radius 1 is 1.45 bits per heavy atom. The van der Waals surface area contributed by atoms with E-state index < -0.39 is 5.03 Å². The molecule has 0 N–H and O–H groups in total. The predicted octanol–water partition coefficient (Wildman–Crippen LogP) is 1.81. The number of hydrazone groups is 1. The van der Waals surface area contributed by atoms with Crippen LogP contribution in [0.3, 0.4) is 0 Å². The van der Waals surface area contributed by atoms with Crippen LogP contribution in [0.25, 0.3) is 0 Å². The van der Waals surface area contributed by atoms with E-state index in [0.29, 0.717) is 17.7 Å². The van der Waals surface area contributed by atoms with Crippen molar-refractivity contribution in [2.24, 2.45) is 5.10 Å². The number of aromatic nitrogens is 1. The first-order valence-corrected chi connectivity index (χ1v) is 6.81. The van der Waals surface area contributed by atoms with Gasteiger partial charge in [0, 0.05) is 32.4 Å². The predicted molar refractivity (Wildman–Crippen MR) is 76.0 cm³/mol. The average Bonchev–Trinajstić information content (AvgIpc) is 2.75. The zero-order valence-corrected chi connectivity index (χ0v) is 12.0. The molecule has 20 heavy (non-hydrogen) atoms. The molecule has 1 aromatic heterocycles. The lowest BCUT2D eigenvalue weighted by molar-refractivity contribution is -0.486. The molecular formula is C12H16ClN5O2. The molecule has 0 saturated carbocycles. The van der Waals surface area contributed by atoms with Gasteiger partial charge in [-0.05, 0) is 18.1 Å². The van der Waals surface area contributed by atoms with Gasteiger partial charge in [0.2, 0.25) is 0 Å². The molecule has 108 valence electrons. The lowest BCUT2D eigenvalue weighted by atomic mass is 10.3. The highest BCUT2D eigenvalue weighted by Gasteiger charge is 2.29. The minimum Gasteiger partial charge on any atom is -0.336 e. The van der Waals surface area contributed by atoms with Gasteiger partial charge in [-0.3, -0.25) is 0 Å². The molecule has 7 nitrogen and oxygen atoms in total. The number of hydrogen-bond acceptors (Lipinski definition) is 3. The Morgan fingerprint density at radius 3 is 2.80 bits per heavy atom. The minimum atomic E-state index is -0.642. The van der Waals surface area contributed by atoms with Crippen molar-refractivity contribution in [2.75, 3.05) is 19.6 Å². The van der Waals surface area contributed by atoms with Gasteiger partial charge < -0.3 is 9.80 Å². The van der Waals surface area contributed by atoms with E-state index >= 15 is 0 Å². The van der Waals surface area contributed by atoms with Gasteiger partial charge in [0.1, 0.15) is 10.3 Å². The Bertz CT molecular complexity index is 505. The van der Waals surface area contributed by atoms with E-state index in [9.17, 15) is 10.1 Å². The molecule has 2 heterocycles. The lowest BCUT2D eigenvalue weighted by Crippen LogP contribution is -2.34. The number of hydrogen-bond donors (Lipinski definition) is 0. The SMILES string of the molecule is CCCN1CCN(Cc2ccc(Cl)nc2)/C1=N/[N+](=O)[O-]. The van der Waals surface area contributed by atoms with Crippen molar-refractivity contribution in [3.8, 4) is 0 Å². The largest absolute Gasteiger partial charge is 0.336 e. The quantitative estimate of drug-likeness (QED) is 0.471. The second-order valence-electron chi connectivity index (χ2n) is 4.54. The average molecular weight is 298 g/mol. The number of guanidine groups is 1. The van der Waals surface area contributed by atoms with Crippen molar-refractivity contribution in [3.05, 3.63) is 39.2 Å². The Kier molecular flexibility index (Phi) is 4.73. The normalized spacial score (nSPS) is 17.0. The van der Waals surface area contributed by atoms with E-state index in [4.69, 9.17) is 11.6 Å². The van der Waals surface area contributed by atoms with Crippen LogP contribution in [-0.4, -0.2) is 45.4 Å². The lowest BCUT2D eigenvalue weighted by Gasteiger charge is -2.20. The molecule has 0 aromatic carbocycles. The zero-order valence-electron chi connectivity index (χ0n) is 11.2. The van der Waals surface area contributed by atoms with E-state index in [-0.39, 0.29) is 0 Å². The third-order valence-electron chi connectivity index (χ3n) is 3.03. The van der Waals surface area contributed by atoms with Crippen molar-refractivity contribution in [3.63, 3.8) is 0 Å². The number of halogens is 1. The van der Waals surface area contributed by atoms with Crippen LogP contribution in [-0.2, 0) is 6.54 Å². The third kappa shape index (κ3) is 3.57. The van der Waals surface area contributed by atoms with Crippen molar-refractivity contribution in [1.82, 2.24) is 14.8 Å². The van der Waals surface area contributed by atoms with Gasteiger partial charge in [0.05, 0.1) is 0 Å². The molecule has 1 aromatic rings.